The largest absolute Gasteiger partial charge is 0.481 e. The van der Waals surface area contributed by atoms with Gasteiger partial charge in [0, 0.05) is 12.2 Å². The van der Waals surface area contributed by atoms with Gasteiger partial charge in [0.25, 0.3) is 0 Å². The number of urea groups is 1. The van der Waals surface area contributed by atoms with Gasteiger partial charge in [-0.05, 0) is 25.1 Å². The van der Waals surface area contributed by atoms with Crippen molar-refractivity contribution in [3.05, 3.63) is 23.8 Å². The second kappa shape index (κ2) is 7.98. The number of fused-ring (bicyclic) bond motifs is 1. The minimum Gasteiger partial charge on any atom is -0.481 e. The number of esters is 1. The summed E-state index contributed by atoms with van der Waals surface area (Å²) in [6, 6.07) is 2.60. The molecule has 1 aliphatic rings. The molecule has 146 valence electrons. The number of rotatable bonds is 7. The van der Waals surface area contributed by atoms with Crippen LogP contribution in [0.5, 0.6) is 0 Å². The number of nitrogens with zero attached hydrogens (tertiary/aromatic N) is 1. The van der Waals surface area contributed by atoms with Gasteiger partial charge in [0.2, 0.25) is 0 Å². The molecule has 2 rings (SSSR count). The summed E-state index contributed by atoms with van der Waals surface area (Å²) >= 11 is 0. The van der Waals surface area contributed by atoms with E-state index in [0.29, 0.717) is 4.90 Å². The van der Waals surface area contributed by atoms with Gasteiger partial charge in [0.15, 0.2) is 0 Å². The van der Waals surface area contributed by atoms with Crippen LogP contribution < -0.4 is 15.5 Å². The van der Waals surface area contributed by atoms with Gasteiger partial charge in [-0.2, -0.15) is 8.78 Å². The average molecular weight is 385 g/mol. The number of halogens is 2. The first-order valence-corrected chi connectivity index (χ1v) is 7.93. The fourth-order valence-corrected chi connectivity index (χ4v) is 2.45. The lowest BCUT2D eigenvalue weighted by atomic mass is 10.1. The zero-order chi connectivity index (χ0) is 20.2. The highest BCUT2D eigenvalue weighted by Crippen LogP contribution is 2.45. The van der Waals surface area contributed by atoms with E-state index in [4.69, 9.17) is 5.11 Å². The van der Waals surface area contributed by atoms with E-state index in [2.05, 4.69) is 15.4 Å². The normalized spacial score (nSPS) is 14.5. The molecular formula is C16H17F2N3O6. The van der Waals surface area contributed by atoms with Crippen LogP contribution in [0.2, 0.25) is 0 Å². The minimum absolute atomic E-state index is 0.0213. The molecule has 1 aromatic rings. The lowest BCUT2D eigenvalue weighted by molar-refractivity contribution is -0.146. The predicted molar refractivity (Wildman–Crippen MR) is 88.6 cm³/mol. The Morgan fingerprint density at radius 3 is 2.63 bits per heavy atom. The molecule has 0 aliphatic carbocycles. The van der Waals surface area contributed by atoms with Gasteiger partial charge in [-0.25, -0.2) is 4.79 Å². The first-order valence-electron chi connectivity index (χ1n) is 7.93. The maximum Gasteiger partial charge on any atom is 0.352 e. The van der Waals surface area contributed by atoms with E-state index >= 15 is 0 Å². The highest BCUT2D eigenvalue weighted by atomic mass is 19.3. The lowest BCUT2D eigenvalue weighted by Gasteiger charge is -2.16. The van der Waals surface area contributed by atoms with Gasteiger partial charge in [-0.1, -0.05) is 0 Å². The molecule has 0 bridgehead atoms. The second-order valence-electron chi connectivity index (χ2n) is 5.53. The number of carboxylic acid groups (broad SMARTS) is 1. The molecule has 9 nitrogen and oxygen atoms in total. The van der Waals surface area contributed by atoms with E-state index < -0.39 is 41.9 Å². The summed E-state index contributed by atoms with van der Waals surface area (Å²) in [6.07, 6.45) is -0.299. The molecule has 0 atom stereocenters. The Morgan fingerprint density at radius 1 is 1.30 bits per heavy atom. The van der Waals surface area contributed by atoms with Crippen molar-refractivity contribution < 1.29 is 37.8 Å². The highest BCUT2D eigenvalue weighted by Gasteiger charge is 2.53. The summed E-state index contributed by atoms with van der Waals surface area (Å²) in [7, 11) is 0. The van der Waals surface area contributed by atoms with Crippen molar-refractivity contribution in [3.63, 3.8) is 0 Å². The Kier molecular flexibility index (Phi) is 5.93. The number of hydrogen-bond acceptors (Lipinski definition) is 5. The number of ether oxygens (including phenoxy) is 1. The Morgan fingerprint density at radius 2 is 2.00 bits per heavy atom. The zero-order valence-corrected chi connectivity index (χ0v) is 14.3. The number of benzene rings is 1. The number of nitrogens with one attached hydrogen (secondary N) is 2. The molecule has 1 aliphatic heterocycles. The fraction of sp³-hybridized carbons (Fsp3) is 0.375. The lowest BCUT2D eigenvalue weighted by Crippen LogP contribution is -2.38. The van der Waals surface area contributed by atoms with Gasteiger partial charge in [0.05, 0.1) is 24.3 Å². The summed E-state index contributed by atoms with van der Waals surface area (Å²) in [6.45, 7) is 0.793. The van der Waals surface area contributed by atoms with Gasteiger partial charge in [0.1, 0.15) is 6.54 Å². The molecule has 0 fully saturated rings. The molecule has 0 spiro atoms. The van der Waals surface area contributed by atoms with E-state index in [1.165, 1.54) is 12.1 Å². The summed E-state index contributed by atoms with van der Waals surface area (Å²) in [5.74, 6) is -7.35. The summed E-state index contributed by atoms with van der Waals surface area (Å²) < 4.78 is 33.3. The SMILES string of the molecule is CCOC(=O)CN1C(=O)C(F)(F)c2cc(NC(=O)NCCC(=O)O)ccc21. The minimum atomic E-state index is -3.86. The number of anilines is 2. The van der Waals surface area contributed by atoms with Gasteiger partial charge in [-0.15, -0.1) is 0 Å². The molecule has 3 amide bonds. The van der Waals surface area contributed by atoms with Gasteiger partial charge >= 0.3 is 29.8 Å². The first kappa shape index (κ1) is 20.1. The van der Waals surface area contributed by atoms with Crippen molar-refractivity contribution >= 4 is 35.3 Å². The predicted octanol–water partition coefficient (Wildman–Crippen LogP) is 1.28. The number of carbonyl (C=O) groups excluding carboxylic acids is 3. The van der Waals surface area contributed by atoms with Crippen LogP contribution in [0.1, 0.15) is 18.9 Å². The van der Waals surface area contributed by atoms with E-state index in [9.17, 15) is 28.0 Å². The second-order valence-corrected chi connectivity index (χ2v) is 5.53. The van der Waals surface area contributed by atoms with Crippen LogP contribution >= 0.6 is 0 Å². The molecular weight excluding hydrogens is 368 g/mol. The fourth-order valence-electron chi connectivity index (χ4n) is 2.45. The molecule has 1 aromatic carbocycles. The molecule has 0 radical (unpaired) electrons. The third-order valence-corrected chi connectivity index (χ3v) is 3.61. The van der Waals surface area contributed by atoms with Crippen LogP contribution in [0.25, 0.3) is 0 Å². The number of alkyl halides is 2. The number of carbonyl (C=O) groups is 4. The first-order chi connectivity index (χ1) is 12.7. The standard InChI is InChI=1S/C16H17F2N3O6/c1-2-27-13(24)8-21-11-4-3-9(7-10(11)16(17,18)14(21)25)20-15(26)19-6-5-12(22)23/h3-4,7H,2,5-6,8H2,1H3,(H,22,23)(H2,19,20,26). The van der Waals surface area contributed by atoms with Crippen molar-refractivity contribution in [3.8, 4) is 0 Å². The molecule has 27 heavy (non-hydrogen) atoms. The van der Waals surface area contributed by atoms with Crippen LogP contribution in [0, 0.1) is 0 Å². The molecule has 1 heterocycles. The monoisotopic (exact) mass is 385 g/mol. The smallest absolute Gasteiger partial charge is 0.352 e. The van der Waals surface area contributed by atoms with E-state index in [-0.39, 0.29) is 30.9 Å². The summed E-state index contributed by atoms with van der Waals surface area (Å²) in [5.41, 5.74) is -0.831. The van der Waals surface area contributed by atoms with Crippen LogP contribution in [0.4, 0.5) is 25.0 Å². The molecule has 0 saturated heterocycles. The Balaban J connectivity index is 2.16. The van der Waals surface area contributed by atoms with Crippen LogP contribution in [0.3, 0.4) is 0 Å². The third-order valence-electron chi connectivity index (χ3n) is 3.61. The summed E-state index contributed by atoms with van der Waals surface area (Å²) in [4.78, 5) is 46.2. The molecule has 0 unspecified atom stereocenters. The van der Waals surface area contributed by atoms with E-state index in [1.807, 2.05) is 0 Å². The quantitative estimate of drug-likeness (QED) is 0.608. The molecule has 3 N–H and O–H groups in total. The Bertz CT molecular complexity index is 783. The zero-order valence-electron chi connectivity index (χ0n) is 14.3. The molecule has 11 heteroatoms. The number of carboxylic acids is 1. The van der Waals surface area contributed by atoms with Gasteiger partial charge in [-0.3, -0.25) is 19.3 Å². The van der Waals surface area contributed by atoms with Crippen LogP contribution in [-0.4, -0.2) is 48.7 Å². The van der Waals surface area contributed by atoms with Crippen molar-refractivity contribution in [2.24, 2.45) is 0 Å². The van der Waals surface area contributed by atoms with Crippen LogP contribution in [0.15, 0.2) is 18.2 Å². The average Bonchev–Trinajstić information content (AvgIpc) is 2.76. The topological polar surface area (TPSA) is 125 Å². The Hall–Kier alpha value is -3.24. The summed E-state index contributed by atoms with van der Waals surface area (Å²) in [5, 5.41) is 13.0. The maximum atomic E-state index is 14.3. The van der Waals surface area contributed by atoms with Crippen molar-refractivity contribution in [1.29, 1.82) is 0 Å². The van der Waals surface area contributed by atoms with E-state index in [1.54, 1.807) is 6.92 Å². The van der Waals surface area contributed by atoms with E-state index in [0.717, 1.165) is 6.07 Å². The van der Waals surface area contributed by atoms with Crippen molar-refractivity contribution in [2.45, 2.75) is 19.3 Å². The molecule has 0 saturated carbocycles. The highest BCUT2D eigenvalue weighted by molar-refractivity contribution is 6.08. The Labute approximate surface area is 152 Å². The number of amides is 3. The number of hydrogen-bond donors (Lipinski definition) is 3. The third kappa shape index (κ3) is 4.49. The van der Waals surface area contributed by atoms with Gasteiger partial charge < -0.3 is 20.5 Å². The van der Waals surface area contributed by atoms with Crippen molar-refractivity contribution in [2.75, 3.05) is 29.9 Å². The number of aliphatic carboxylic acids is 1. The molecule has 0 aromatic heterocycles. The van der Waals surface area contributed by atoms with Crippen LogP contribution in [-0.2, 0) is 25.0 Å². The maximum absolute atomic E-state index is 14.3. The van der Waals surface area contributed by atoms with Crippen molar-refractivity contribution in [1.82, 2.24) is 5.32 Å².